The van der Waals surface area contributed by atoms with Crippen molar-refractivity contribution in [3.8, 4) is 5.75 Å². The number of carbonyl (C=O) groups is 2. The Hall–Kier alpha value is -3.06. The Balaban J connectivity index is 1.48. The molecule has 184 valence electrons. The third-order valence-corrected chi connectivity index (χ3v) is 6.08. The summed E-state index contributed by atoms with van der Waals surface area (Å²) in [6.07, 6.45) is 3.25. The van der Waals surface area contributed by atoms with Crippen molar-refractivity contribution in [1.29, 1.82) is 0 Å². The van der Waals surface area contributed by atoms with Crippen LogP contribution in [0.3, 0.4) is 0 Å². The van der Waals surface area contributed by atoms with Crippen molar-refractivity contribution in [2.75, 3.05) is 20.2 Å². The summed E-state index contributed by atoms with van der Waals surface area (Å²) in [5.74, 6) is 0.923. The van der Waals surface area contributed by atoms with E-state index in [0.29, 0.717) is 23.7 Å². The van der Waals surface area contributed by atoms with Crippen LogP contribution in [0.5, 0.6) is 5.75 Å². The summed E-state index contributed by atoms with van der Waals surface area (Å²) in [5, 5.41) is 15.4. The number of para-hydroxylation sites is 1. The predicted molar refractivity (Wildman–Crippen MR) is 131 cm³/mol. The molecule has 7 heteroatoms. The molecule has 34 heavy (non-hydrogen) atoms. The zero-order chi connectivity index (χ0) is 24.6. The molecule has 2 aromatic carbocycles. The van der Waals surface area contributed by atoms with Crippen LogP contribution in [-0.4, -0.2) is 49.0 Å². The Morgan fingerprint density at radius 2 is 1.91 bits per heavy atom. The molecule has 0 saturated heterocycles. The van der Waals surface area contributed by atoms with Crippen molar-refractivity contribution in [3.05, 3.63) is 65.2 Å². The van der Waals surface area contributed by atoms with Crippen LogP contribution in [0.1, 0.15) is 54.6 Å². The van der Waals surface area contributed by atoms with Gasteiger partial charge in [-0.25, -0.2) is 4.79 Å². The number of aliphatic hydroxyl groups is 1. The smallest absolute Gasteiger partial charge is 0.407 e. The molecule has 3 rings (SSSR count). The van der Waals surface area contributed by atoms with E-state index in [1.807, 2.05) is 56.3 Å². The molecular formula is C27H36N2O5. The molecule has 0 fully saturated rings. The maximum Gasteiger partial charge on any atom is 0.407 e. The molecule has 2 amide bonds. The number of rotatable bonds is 9. The van der Waals surface area contributed by atoms with Gasteiger partial charge >= 0.3 is 6.09 Å². The average molecular weight is 469 g/mol. The second-order valence-electron chi connectivity index (χ2n) is 9.54. The fraction of sp³-hybridized carbons (Fsp3) is 0.481. The van der Waals surface area contributed by atoms with Crippen LogP contribution >= 0.6 is 0 Å². The van der Waals surface area contributed by atoms with Gasteiger partial charge in [-0.3, -0.25) is 4.79 Å². The van der Waals surface area contributed by atoms with Crippen LogP contribution in [0, 0.1) is 5.92 Å². The number of ether oxygens (including phenoxy) is 2. The molecule has 0 radical (unpaired) electrons. The van der Waals surface area contributed by atoms with E-state index in [2.05, 4.69) is 16.7 Å². The molecule has 0 heterocycles. The van der Waals surface area contributed by atoms with Gasteiger partial charge < -0.3 is 25.2 Å². The molecular weight excluding hydrogens is 432 g/mol. The van der Waals surface area contributed by atoms with E-state index in [4.69, 9.17) is 9.47 Å². The number of carbonyl (C=O) groups excluding carboxylic acids is 2. The molecule has 0 bridgehead atoms. The van der Waals surface area contributed by atoms with E-state index < -0.39 is 17.8 Å². The molecule has 0 spiro atoms. The van der Waals surface area contributed by atoms with E-state index in [-0.39, 0.29) is 19.1 Å². The molecule has 1 unspecified atom stereocenters. The van der Waals surface area contributed by atoms with Gasteiger partial charge in [-0.05, 0) is 87.3 Å². The average Bonchev–Trinajstić information content (AvgIpc) is 3.01. The number of alkyl carbamates (subject to hydrolysis) is 1. The van der Waals surface area contributed by atoms with Gasteiger partial charge in [0.15, 0.2) is 0 Å². The summed E-state index contributed by atoms with van der Waals surface area (Å²) in [4.78, 5) is 24.4. The van der Waals surface area contributed by atoms with Gasteiger partial charge in [0.1, 0.15) is 24.1 Å². The molecule has 0 aliphatic heterocycles. The lowest BCUT2D eigenvalue weighted by molar-refractivity contribution is 0.0165. The van der Waals surface area contributed by atoms with Crippen LogP contribution in [0.15, 0.2) is 48.5 Å². The summed E-state index contributed by atoms with van der Waals surface area (Å²) >= 11 is 0. The first-order valence-electron chi connectivity index (χ1n) is 11.9. The predicted octanol–water partition coefficient (Wildman–Crippen LogP) is 3.88. The van der Waals surface area contributed by atoms with E-state index in [9.17, 15) is 14.7 Å². The van der Waals surface area contributed by atoms with Gasteiger partial charge in [-0.1, -0.05) is 24.3 Å². The Morgan fingerprint density at radius 3 is 2.65 bits per heavy atom. The Morgan fingerprint density at radius 1 is 1.15 bits per heavy atom. The van der Waals surface area contributed by atoms with Crippen LogP contribution in [0.2, 0.25) is 0 Å². The Bertz CT molecular complexity index is 961. The first-order valence-corrected chi connectivity index (χ1v) is 11.9. The number of hydrogen-bond donors (Lipinski definition) is 3. The summed E-state index contributed by atoms with van der Waals surface area (Å²) in [5.41, 5.74) is 2.50. The fourth-order valence-electron chi connectivity index (χ4n) is 4.51. The second-order valence-corrected chi connectivity index (χ2v) is 9.54. The summed E-state index contributed by atoms with van der Waals surface area (Å²) < 4.78 is 11.2. The van der Waals surface area contributed by atoms with E-state index in [1.54, 1.807) is 7.05 Å². The molecule has 0 aromatic heterocycles. The number of benzene rings is 2. The van der Waals surface area contributed by atoms with E-state index in [0.717, 1.165) is 25.7 Å². The number of hydrogen-bond acceptors (Lipinski definition) is 5. The normalized spacial score (nSPS) is 16.5. The number of fused-ring (bicyclic) bond motifs is 1. The van der Waals surface area contributed by atoms with Gasteiger partial charge in [0.2, 0.25) is 0 Å². The summed E-state index contributed by atoms with van der Waals surface area (Å²) in [6.45, 7) is 3.94. The van der Waals surface area contributed by atoms with Crippen molar-refractivity contribution in [3.63, 3.8) is 0 Å². The van der Waals surface area contributed by atoms with Crippen LogP contribution in [0.25, 0.3) is 0 Å². The summed E-state index contributed by atoms with van der Waals surface area (Å²) in [6, 6.07) is 15.1. The minimum Gasteiger partial charge on any atom is -0.491 e. The molecule has 7 nitrogen and oxygen atoms in total. The van der Waals surface area contributed by atoms with Gasteiger partial charge in [-0.15, -0.1) is 0 Å². The van der Waals surface area contributed by atoms with Crippen molar-refractivity contribution in [2.24, 2.45) is 5.92 Å². The van der Waals surface area contributed by atoms with Crippen molar-refractivity contribution < 1.29 is 24.2 Å². The first kappa shape index (κ1) is 25.6. The van der Waals surface area contributed by atoms with Crippen LogP contribution < -0.4 is 15.4 Å². The second kappa shape index (κ2) is 11.9. The molecule has 2 atom stereocenters. The Kier molecular flexibility index (Phi) is 8.93. The Labute approximate surface area is 201 Å². The van der Waals surface area contributed by atoms with Gasteiger partial charge in [0.05, 0.1) is 6.54 Å². The third kappa shape index (κ3) is 7.76. The number of amides is 2. The lowest BCUT2D eigenvalue weighted by Gasteiger charge is -2.29. The SMILES string of the molecule is CNC(=O)c1ccc2c(c1)CC(CC(C)(C)OC(=O)NC[C@H](O)COc1ccccc1)CCC2. The van der Waals surface area contributed by atoms with Crippen LogP contribution in [0.4, 0.5) is 4.79 Å². The van der Waals surface area contributed by atoms with Gasteiger partial charge in [-0.2, -0.15) is 0 Å². The minimum atomic E-state index is -0.844. The van der Waals surface area contributed by atoms with Gasteiger partial charge in [0.25, 0.3) is 5.91 Å². The number of aryl methyl sites for hydroxylation is 1. The number of aliphatic hydroxyl groups excluding tert-OH is 1. The lowest BCUT2D eigenvalue weighted by Crippen LogP contribution is -2.40. The molecule has 1 aliphatic carbocycles. The van der Waals surface area contributed by atoms with E-state index >= 15 is 0 Å². The topological polar surface area (TPSA) is 96.9 Å². The molecule has 3 N–H and O–H groups in total. The summed E-state index contributed by atoms with van der Waals surface area (Å²) in [7, 11) is 1.64. The third-order valence-electron chi connectivity index (χ3n) is 6.08. The molecule has 0 saturated carbocycles. The van der Waals surface area contributed by atoms with E-state index in [1.165, 1.54) is 11.1 Å². The highest BCUT2D eigenvalue weighted by molar-refractivity contribution is 5.94. The van der Waals surface area contributed by atoms with Crippen molar-refractivity contribution in [2.45, 2.75) is 57.7 Å². The fourth-order valence-corrected chi connectivity index (χ4v) is 4.51. The standard InChI is InChI=1S/C27H36N2O5/c1-27(2,34-26(32)29-17-23(30)18-33-24-10-5-4-6-11-24)16-19-8-7-9-20-12-13-21(25(31)28-3)15-22(20)14-19/h4-6,10-13,15,19,23,30H,7-9,14,16-18H2,1-3H3,(H,28,31)(H,29,32)/t19?,23-/m0/s1. The minimum absolute atomic E-state index is 0.0425. The number of nitrogens with one attached hydrogen (secondary N) is 2. The first-order chi connectivity index (χ1) is 16.3. The zero-order valence-electron chi connectivity index (χ0n) is 20.3. The highest BCUT2D eigenvalue weighted by Gasteiger charge is 2.29. The lowest BCUT2D eigenvalue weighted by atomic mass is 9.86. The zero-order valence-corrected chi connectivity index (χ0v) is 20.3. The maximum atomic E-state index is 12.4. The maximum absolute atomic E-state index is 12.4. The van der Waals surface area contributed by atoms with Gasteiger partial charge in [0, 0.05) is 12.6 Å². The monoisotopic (exact) mass is 468 g/mol. The quantitative estimate of drug-likeness (QED) is 0.486. The van der Waals surface area contributed by atoms with Crippen LogP contribution in [-0.2, 0) is 17.6 Å². The largest absolute Gasteiger partial charge is 0.491 e. The highest BCUT2D eigenvalue weighted by atomic mass is 16.6. The molecule has 2 aromatic rings. The van der Waals surface area contributed by atoms with Crippen molar-refractivity contribution in [1.82, 2.24) is 10.6 Å². The highest BCUT2D eigenvalue weighted by Crippen LogP contribution is 2.32. The molecule has 1 aliphatic rings. The van der Waals surface area contributed by atoms with Crippen molar-refractivity contribution >= 4 is 12.0 Å².